The fourth-order valence-corrected chi connectivity index (χ4v) is 0.951. The quantitative estimate of drug-likeness (QED) is 0.620. The van der Waals surface area contributed by atoms with Crippen molar-refractivity contribution in [1.82, 2.24) is 0 Å². The monoisotopic (exact) mass is 161 g/mol. The fourth-order valence-electron chi connectivity index (χ4n) is 0.951. The number of nitriles is 1. The molecule has 0 radical (unpaired) electrons. The highest BCUT2D eigenvalue weighted by Crippen LogP contribution is 2.13. The van der Waals surface area contributed by atoms with Gasteiger partial charge < -0.3 is 0 Å². The Hall–Kier alpha value is -1.29. The first kappa shape index (κ1) is 10.7. The second-order valence-corrected chi connectivity index (χ2v) is 3.07. The zero-order chi connectivity index (χ0) is 9.56. The van der Waals surface area contributed by atoms with Crippen molar-refractivity contribution in [3.05, 3.63) is 35.4 Å². The summed E-state index contributed by atoms with van der Waals surface area (Å²) in [6.07, 6.45) is 0. The van der Waals surface area contributed by atoms with Crippen molar-refractivity contribution in [2.75, 3.05) is 0 Å². The van der Waals surface area contributed by atoms with Crippen LogP contribution in [0, 0.1) is 18.8 Å². The molecule has 0 amide bonds. The molecule has 0 N–H and O–H groups in total. The summed E-state index contributed by atoms with van der Waals surface area (Å²) in [5.74, 6) is 0.653. The average Bonchev–Trinajstić information content (AvgIpc) is 2.09. The predicted octanol–water partition coefficient (Wildman–Crippen LogP) is 3.26. The molecule has 0 aliphatic heterocycles. The van der Waals surface area contributed by atoms with Crippen LogP contribution in [0.3, 0.4) is 0 Å². The Morgan fingerprint density at radius 2 is 1.50 bits per heavy atom. The van der Waals surface area contributed by atoms with Gasteiger partial charge in [0, 0.05) is 6.57 Å². The molecule has 0 aliphatic carbocycles. The Balaban J connectivity index is 0.000000561. The predicted molar refractivity (Wildman–Crippen MR) is 51.9 cm³/mol. The Bertz CT molecular complexity index is 231. The minimum absolute atomic E-state index is 0.653. The molecule has 12 heavy (non-hydrogen) atoms. The molecule has 0 saturated carbocycles. The summed E-state index contributed by atoms with van der Waals surface area (Å²) < 4.78 is 0. The minimum Gasteiger partial charge on any atom is -0.202 e. The normalized spacial score (nSPS) is 8.83. The van der Waals surface area contributed by atoms with E-state index < -0.39 is 0 Å². The van der Waals surface area contributed by atoms with Crippen molar-refractivity contribution in [1.29, 1.82) is 5.26 Å². The molecule has 0 fully saturated rings. The van der Waals surface area contributed by atoms with Crippen LogP contribution < -0.4 is 0 Å². The van der Waals surface area contributed by atoms with Gasteiger partial charge in [0.05, 0.1) is 0 Å². The van der Waals surface area contributed by atoms with E-state index in [1.807, 2.05) is 0 Å². The third-order valence-corrected chi connectivity index (χ3v) is 1.74. The van der Waals surface area contributed by atoms with Gasteiger partial charge in [-0.05, 0) is 18.4 Å². The van der Waals surface area contributed by atoms with Crippen molar-refractivity contribution < 1.29 is 0 Å². The first-order valence-corrected chi connectivity index (χ1v) is 4.02. The maximum absolute atomic E-state index is 6.50. The SMILES string of the molecule is C#N.Cc1ccc(C(C)C)cc1. The van der Waals surface area contributed by atoms with Gasteiger partial charge in [-0.3, -0.25) is 0 Å². The molecule has 0 spiro atoms. The Morgan fingerprint density at radius 3 is 1.83 bits per heavy atom. The Morgan fingerprint density at radius 1 is 1.08 bits per heavy atom. The zero-order valence-electron chi connectivity index (χ0n) is 7.91. The first-order chi connectivity index (χ1) is 5.70. The molecule has 0 atom stereocenters. The average molecular weight is 161 g/mol. The van der Waals surface area contributed by atoms with E-state index in [4.69, 9.17) is 5.26 Å². The second kappa shape index (κ2) is 5.37. The highest BCUT2D eigenvalue weighted by Gasteiger charge is 1.95. The van der Waals surface area contributed by atoms with Gasteiger partial charge >= 0.3 is 0 Å². The molecule has 64 valence electrons. The lowest BCUT2D eigenvalue weighted by Crippen LogP contribution is -1.85. The summed E-state index contributed by atoms with van der Waals surface area (Å²) in [4.78, 5) is 0. The lowest BCUT2D eigenvalue weighted by molar-refractivity contribution is 0.866. The van der Waals surface area contributed by atoms with E-state index in [1.54, 1.807) is 0 Å². The Kier molecular flexibility index (Phi) is 4.79. The molecule has 0 bridgehead atoms. The lowest BCUT2D eigenvalue weighted by Gasteiger charge is -2.03. The van der Waals surface area contributed by atoms with Gasteiger partial charge in [-0.25, -0.2) is 5.26 Å². The van der Waals surface area contributed by atoms with Gasteiger partial charge in [0.1, 0.15) is 0 Å². The van der Waals surface area contributed by atoms with Crippen LogP contribution >= 0.6 is 0 Å². The van der Waals surface area contributed by atoms with Gasteiger partial charge in [0.15, 0.2) is 0 Å². The van der Waals surface area contributed by atoms with E-state index in [0.29, 0.717) is 5.92 Å². The van der Waals surface area contributed by atoms with Crippen LogP contribution in [0.25, 0.3) is 0 Å². The molecule has 0 unspecified atom stereocenters. The van der Waals surface area contributed by atoms with Crippen LogP contribution in [0.1, 0.15) is 30.9 Å². The van der Waals surface area contributed by atoms with Gasteiger partial charge in [0.2, 0.25) is 0 Å². The molecule has 0 aromatic heterocycles. The van der Waals surface area contributed by atoms with E-state index in [1.165, 1.54) is 11.1 Å². The summed E-state index contributed by atoms with van der Waals surface area (Å²) in [7, 11) is 0. The van der Waals surface area contributed by atoms with Crippen LogP contribution in [0.15, 0.2) is 24.3 Å². The molecule has 1 rings (SSSR count). The van der Waals surface area contributed by atoms with Crippen molar-refractivity contribution in [3.8, 4) is 6.57 Å². The maximum Gasteiger partial charge on any atom is 0.0462 e. The van der Waals surface area contributed by atoms with Crippen LogP contribution in [-0.4, -0.2) is 0 Å². The van der Waals surface area contributed by atoms with E-state index in [2.05, 4.69) is 51.6 Å². The third kappa shape index (κ3) is 3.21. The van der Waals surface area contributed by atoms with E-state index in [0.717, 1.165) is 0 Å². The summed E-state index contributed by atoms with van der Waals surface area (Å²) in [5, 5.41) is 6.50. The molecule has 1 heteroatoms. The molecule has 1 aromatic carbocycles. The topological polar surface area (TPSA) is 23.8 Å². The van der Waals surface area contributed by atoms with Gasteiger partial charge in [0.25, 0.3) is 0 Å². The lowest BCUT2D eigenvalue weighted by atomic mass is 10.0. The second-order valence-electron chi connectivity index (χ2n) is 3.07. The fraction of sp³-hybridized carbons (Fsp3) is 0.364. The highest BCUT2D eigenvalue weighted by atomic mass is 14.2. The largest absolute Gasteiger partial charge is 0.202 e. The smallest absolute Gasteiger partial charge is 0.0462 e. The van der Waals surface area contributed by atoms with Gasteiger partial charge in [-0.15, -0.1) is 0 Å². The number of nitrogens with zero attached hydrogens (tertiary/aromatic N) is 1. The highest BCUT2D eigenvalue weighted by molar-refractivity contribution is 5.23. The third-order valence-electron chi connectivity index (χ3n) is 1.74. The van der Waals surface area contributed by atoms with Crippen molar-refractivity contribution in [3.63, 3.8) is 0 Å². The number of rotatable bonds is 1. The van der Waals surface area contributed by atoms with E-state index >= 15 is 0 Å². The number of hydrogen-bond acceptors (Lipinski definition) is 1. The summed E-state index contributed by atoms with van der Waals surface area (Å²) in [6, 6.07) is 8.71. The Labute approximate surface area is 74.7 Å². The molecular weight excluding hydrogens is 146 g/mol. The number of benzene rings is 1. The van der Waals surface area contributed by atoms with Crippen LogP contribution in [0.2, 0.25) is 0 Å². The van der Waals surface area contributed by atoms with Crippen LogP contribution in [-0.2, 0) is 0 Å². The number of aryl methyl sites for hydroxylation is 1. The van der Waals surface area contributed by atoms with Gasteiger partial charge in [-0.1, -0.05) is 43.7 Å². The van der Waals surface area contributed by atoms with Crippen LogP contribution in [0.5, 0.6) is 0 Å². The standard InChI is InChI=1S/C10H14.CHN/c1-8(2)10-6-4-9(3)5-7-10;1-2/h4-8H,1-3H3;1H. The summed E-state index contributed by atoms with van der Waals surface area (Å²) >= 11 is 0. The van der Waals surface area contributed by atoms with Crippen molar-refractivity contribution in [2.45, 2.75) is 26.7 Å². The molecule has 1 nitrogen and oxygen atoms in total. The zero-order valence-corrected chi connectivity index (χ0v) is 7.91. The van der Waals surface area contributed by atoms with Crippen LogP contribution in [0.4, 0.5) is 0 Å². The molecule has 1 aromatic rings. The van der Waals surface area contributed by atoms with E-state index in [-0.39, 0.29) is 0 Å². The molecular formula is C11H15N. The first-order valence-electron chi connectivity index (χ1n) is 4.02. The summed E-state index contributed by atoms with van der Waals surface area (Å²) in [6.45, 7) is 10.0. The van der Waals surface area contributed by atoms with Gasteiger partial charge in [-0.2, -0.15) is 0 Å². The maximum atomic E-state index is 6.50. The van der Waals surface area contributed by atoms with Crippen molar-refractivity contribution >= 4 is 0 Å². The van der Waals surface area contributed by atoms with Crippen molar-refractivity contribution in [2.24, 2.45) is 0 Å². The molecule has 0 heterocycles. The molecule has 0 saturated heterocycles. The molecule has 0 aliphatic rings. The summed E-state index contributed by atoms with van der Waals surface area (Å²) in [5.41, 5.74) is 2.76. The minimum atomic E-state index is 0.653. The number of hydrogen-bond donors (Lipinski definition) is 0. The van der Waals surface area contributed by atoms with E-state index in [9.17, 15) is 0 Å².